The maximum absolute atomic E-state index is 7.63. The van der Waals surface area contributed by atoms with Crippen LogP contribution in [0.3, 0.4) is 0 Å². The summed E-state index contributed by atoms with van der Waals surface area (Å²) in [4.78, 5) is 11.2. The van der Waals surface area contributed by atoms with Crippen LogP contribution < -0.4 is 5.49 Å². The van der Waals surface area contributed by atoms with Crippen molar-refractivity contribution in [2.24, 2.45) is 0 Å². The summed E-state index contributed by atoms with van der Waals surface area (Å²) in [6, 6.07) is 0. The first-order valence-electron chi connectivity index (χ1n) is 5.39. The molecule has 6 nitrogen and oxygen atoms in total. The van der Waals surface area contributed by atoms with E-state index in [-0.39, 0.29) is 11.6 Å². The molecule has 0 saturated carbocycles. The predicted octanol–water partition coefficient (Wildman–Crippen LogP) is 0.418. The SMILES string of the molecule is N=c1ncn(C[C@H]2CCCO2)c2nc[nH]c12. The van der Waals surface area contributed by atoms with E-state index in [9.17, 15) is 0 Å². The molecule has 84 valence electrons. The number of ether oxygens (including phenoxy) is 1. The Balaban J connectivity index is 1.99. The van der Waals surface area contributed by atoms with Gasteiger partial charge in [-0.3, -0.25) is 5.41 Å². The van der Waals surface area contributed by atoms with Gasteiger partial charge in [-0.05, 0) is 12.8 Å². The van der Waals surface area contributed by atoms with E-state index in [0.717, 1.165) is 31.6 Å². The molecule has 0 amide bonds. The third-order valence-corrected chi connectivity index (χ3v) is 2.88. The first kappa shape index (κ1) is 9.53. The summed E-state index contributed by atoms with van der Waals surface area (Å²) in [6.07, 6.45) is 5.72. The molecule has 0 radical (unpaired) electrons. The van der Waals surface area contributed by atoms with Crippen molar-refractivity contribution in [2.45, 2.75) is 25.5 Å². The van der Waals surface area contributed by atoms with Gasteiger partial charge in [-0.2, -0.15) is 0 Å². The molecule has 3 heterocycles. The number of fused-ring (bicyclic) bond motifs is 1. The molecule has 2 N–H and O–H groups in total. The van der Waals surface area contributed by atoms with Crippen LogP contribution >= 0.6 is 0 Å². The van der Waals surface area contributed by atoms with Gasteiger partial charge in [-0.15, -0.1) is 0 Å². The molecule has 1 aliphatic heterocycles. The molecule has 0 unspecified atom stereocenters. The van der Waals surface area contributed by atoms with E-state index in [1.54, 1.807) is 12.7 Å². The van der Waals surface area contributed by atoms with Crippen LogP contribution in [0.15, 0.2) is 12.7 Å². The lowest BCUT2D eigenvalue weighted by Crippen LogP contribution is -2.19. The second kappa shape index (κ2) is 3.71. The Morgan fingerprint density at radius 1 is 1.56 bits per heavy atom. The lowest BCUT2D eigenvalue weighted by atomic mass is 10.2. The minimum Gasteiger partial charge on any atom is -0.376 e. The number of H-pyrrole nitrogens is 1. The smallest absolute Gasteiger partial charge is 0.173 e. The molecule has 0 spiro atoms. The minimum atomic E-state index is 0.232. The van der Waals surface area contributed by atoms with Gasteiger partial charge in [0, 0.05) is 6.61 Å². The highest BCUT2D eigenvalue weighted by atomic mass is 16.5. The normalized spacial score (nSPS) is 20.6. The number of aromatic nitrogens is 4. The highest BCUT2D eigenvalue weighted by Crippen LogP contribution is 2.15. The molecule has 0 bridgehead atoms. The van der Waals surface area contributed by atoms with Crippen LogP contribution in [-0.2, 0) is 11.3 Å². The summed E-state index contributed by atoms with van der Waals surface area (Å²) in [5, 5.41) is 7.63. The van der Waals surface area contributed by atoms with Gasteiger partial charge in [0.05, 0.1) is 25.3 Å². The third-order valence-electron chi connectivity index (χ3n) is 2.88. The topological polar surface area (TPSA) is 79.6 Å². The number of hydrogen-bond donors (Lipinski definition) is 2. The minimum absolute atomic E-state index is 0.232. The molecule has 1 fully saturated rings. The maximum atomic E-state index is 7.63. The Morgan fingerprint density at radius 3 is 3.31 bits per heavy atom. The van der Waals surface area contributed by atoms with Crippen molar-refractivity contribution in [3.05, 3.63) is 18.1 Å². The summed E-state index contributed by atoms with van der Waals surface area (Å²) in [5.74, 6) is 0. The van der Waals surface area contributed by atoms with Crippen molar-refractivity contribution in [1.82, 2.24) is 19.5 Å². The number of hydrogen-bond acceptors (Lipinski definition) is 4. The van der Waals surface area contributed by atoms with Crippen molar-refractivity contribution in [3.8, 4) is 0 Å². The first-order chi connectivity index (χ1) is 7.84. The van der Waals surface area contributed by atoms with Gasteiger partial charge in [-0.25, -0.2) is 9.97 Å². The summed E-state index contributed by atoms with van der Waals surface area (Å²) in [5.41, 5.74) is 1.69. The largest absolute Gasteiger partial charge is 0.376 e. The Morgan fingerprint density at radius 2 is 2.50 bits per heavy atom. The van der Waals surface area contributed by atoms with Crippen molar-refractivity contribution < 1.29 is 4.74 Å². The van der Waals surface area contributed by atoms with Gasteiger partial charge in [0.2, 0.25) is 0 Å². The number of imidazole rings is 1. The quantitative estimate of drug-likeness (QED) is 0.768. The standard InChI is InChI=1S/C10H13N5O/c11-9-8-10(13-5-12-8)15(6-14-9)4-7-2-1-3-16-7/h5-7,11H,1-4H2,(H,12,13)/t7-/m1/s1. The van der Waals surface area contributed by atoms with E-state index >= 15 is 0 Å². The second-order valence-electron chi connectivity index (χ2n) is 3.98. The summed E-state index contributed by atoms with van der Waals surface area (Å²) in [7, 11) is 0. The Bertz CT molecular complexity index is 552. The van der Waals surface area contributed by atoms with E-state index in [0.29, 0.717) is 5.52 Å². The fraction of sp³-hybridized carbons (Fsp3) is 0.500. The second-order valence-corrected chi connectivity index (χ2v) is 3.98. The molecule has 0 aromatic carbocycles. The van der Waals surface area contributed by atoms with Crippen LogP contribution in [0.4, 0.5) is 0 Å². The zero-order valence-corrected chi connectivity index (χ0v) is 8.81. The van der Waals surface area contributed by atoms with Crippen LogP contribution in [0.25, 0.3) is 11.2 Å². The molecule has 1 aliphatic rings. The fourth-order valence-electron chi connectivity index (χ4n) is 2.07. The maximum Gasteiger partial charge on any atom is 0.173 e. The molecule has 2 aromatic rings. The van der Waals surface area contributed by atoms with E-state index in [1.807, 2.05) is 4.57 Å². The first-order valence-corrected chi connectivity index (χ1v) is 5.39. The van der Waals surface area contributed by atoms with Gasteiger partial charge >= 0.3 is 0 Å². The molecule has 2 aromatic heterocycles. The molecule has 1 saturated heterocycles. The van der Waals surface area contributed by atoms with Crippen LogP contribution in [0, 0.1) is 5.41 Å². The lowest BCUT2D eigenvalue weighted by Gasteiger charge is -2.12. The highest BCUT2D eigenvalue weighted by molar-refractivity contribution is 5.68. The van der Waals surface area contributed by atoms with Gasteiger partial charge in [0.1, 0.15) is 5.52 Å². The summed E-state index contributed by atoms with van der Waals surface area (Å²) in [6.45, 7) is 1.60. The van der Waals surface area contributed by atoms with Crippen LogP contribution in [0.5, 0.6) is 0 Å². The van der Waals surface area contributed by atoms with E-state index in [2.05, 4.69) is 15.0 Å². The van der Waals surface area contributed by atoms with Crippen molar-refractivity contribution in [3.63, 3.8) is 0 Å². The Hall–Kier alpha value is -1.69. The molecular weight excluding hydrogens is 206 g/mol. The van der Waals surface area contributed by atoms with Crippen molar-refractivity contribution in [1.29, 1.82) is 5.41 Å². The van der Waals surface area contributed by atoms with Gasteiger partial charge in [0.15, 0.2) is 11.1 Å². The van der Waals surface area contributed by atoms with E-state index < -0.39 is 0 Å². The van der Waals surface area contributed by atoms with Crippen LogP contribution in [0.1, 0.15) is 12.8 Å². The number of nitrogens with zero attached hydrogens (tertiary/aromatic N) is 3. The lowest BCUT2D eigenvalue weighted by molar-refractivity contribution is 0.0975. The van der Waals surface area contributed by atoms with E-state index in [1.165, 1.54) is 0 Å². The zero-order valence-electron chi connectivity index (χ0n) is 8.81. The number of rotatable bonds is 2. The third kappa shape index (κ3) is 1.51. The fourth-order valence-corrected chi connectivity index (χ4v) is 2.07. The molecule has 1 atom stereocenters. The monoisotopic (exact) mass is 219 g/mol. The van der Waals surface area contributed by atoms with Crippen molar-refractivity contribution in [2.75, 3.05) is 6.61 Å². The number of nitrogens with one attached hydrogen (secondary N) is 2. The van der Waals surface area contributed by atoms with Gasteiger partial charge in [-0.1, -0.05) is 0 Å². The highest BCUT2D eigenvalue weighted by Gasteiger charge is 2.17. The molecule has 0 aliphatic carbocycles. The predicted molar refractivity (Wildman–Crippen MR) is 56.7 cm³/mol. The van der Waals surface area contributed by atoms with Crippen LogP contribution in [0.2, 0.25) is 0 Å². The van der Waals surface area contributed by atoms with Gasteiger partial charge < -0.3 is 14.3 Å². The van der Waals surface area contributed by atoms with Crippen molar-refractivity contribution >= 4 is 11.2 Å². The molecule has 3 rings (SSSR count). The Labute approximate surface area is 91.8 Å². The van der Waals surface area contributed by atoms with Gasteiger partial charge in [0.25, 0.3) is 0 Å². The Kier molecular flexibility index (Phi) is 2.21. The number of aromatic amines is 1. The van der Waals surface area contributed by atoms with Crippen LogP contribution in [-0.4, -0.2) is 32.2 Å². The van der Waals surface area contributed by atoms with E-state index in [4.69, 9.17) is 10.1 Å². The average molecular weight is 219 g/mol. The summed E-state index contributed by atoms with van der Waals surface area (Å²) < 4.78 is 7.52. The summed E-state index contributed by atoms with van der Waals surface area (Å²) >= 11 is 0. The molecule has 6 heteroatoms. The molecular formula is C10H13N5O. The average Bonchev–Trinajstić information content (AvgIpc) is 2.92. The molecule has 16 heavy (non-hydrogen) atoms. The zero-order chi connectivity index (χ0) is 11.0.